The molecule has 20 heavy (non-hydrogen) atoms. The quantitative estimate of drug-likeness (QED) is 0.808. The van der Waals surface area contributed by atoms with Crippen molar-refractivity contribution in [3.05, 3.63) is 47.7 Å². The van der Waals surface area contributed by atoms with Crippen LogP contribution in [-0.2, 0) is 4.74 Å². The van der Waals surface area contributed by atoms with Crippen molar-refractivity contribution in [3.8, 4) is 11.6 Å². The van der Waals surface area contributed by atoms with Gasteiger partial charge in [0.2, 0.25) is 5.88 Å². The smallest absolute Gasteiger partial charge is 0.234 e. The van der Waals surface area contributed by atoms with Gasteiger partial charge in [0.05, 0.1) is 6.61 Å². The van der Waals surface area contributed by atoms with Crippen molar-refractivity contribution in [1.82, 2.24) is 9.97 Å². The molecule has 1 aromatic carbocycles. The van der Waals surface area contributed by atoms with Gasteiger partial charge in [0, 0.05) is 6.20 Å². The summed E-state index contributed by atoms with van der Waals surface area (Å²) in [6, 6.07) is 5.65. The largest absolute Gasteiger partial charge is 0.483 e. The highest BCUT2D eigenvalue weighted by Crippen LogP contribution is 2.24. The van der Waals surface area contributed by atoms with Crippen molar-refractivity contribution >= 4 is 17.3 Å². The number of ether oxygens (including phenoxy) is 2. The third-order valence-corrected chi connectivity index (χ3v) is 2.74. The van der Waals surface area contributed by atoms with Crippen LogP contribution in [0.25, 0.3) is 0 Å². The van der Waals surface area contributed by atoms with Gasteiger partial charge in [0.15, 0.2) is 5.05 Å². The molecule has 0 aliphatic rings. The van der Waals surface area contributed by atoms with E-state index in [4.69, 9.17) is 21.7 Å². The first-order chi connectivity index (χ1) is 9.60. The maximum Gasteiger partial charge on any atom is 0.234 e. The molecule has 6 heteroatoms. The van der Waals surface area contributed by atoms with E-state index in [1.54, 1.807) is 13.1 Å². The van der Waals surface area contributed by atoms with Gasteiger partial charge in [-0.3, -0.25) is 0 Å². The van der Waals surface area contributed by atoms with Gasteiger partial charge in [-0.15, -0.1) is 0 Å². The summed E-state index contributed by atoms with van der Waals surface area (Å²) in [5.41, 5.74) is 0.497. The molecule has 0 atom stereocenters. The van der Waals surface area contributed by atoms with E-state index < -0.39 is 0 Å². The Morgan fingerprint density at radius 3 is 2.65 bits per heavy atom. The van der Waals surface area contributed by atoms with Crippen molar-refractivity contribution in [3.63, 3.8) is 0 Å². The van der Waals surface area contributed by atoms with Crippen LogP contribution in [0.5, 0.6) is 11.6 Å². The monoisotopic (exact) mass is 292 g/mol. The van der Waals surface area contributed by atoms with Gasteiger partial charge in [-0.2, -0.15) is 4.98 Å². The predicted octanol–water partition coefficient (Wildman–Crippen LogP) is 3.43. The lowest BCUT2D eigenvalue weighted by molar-refractivity contribution is 0.335. The van der Waals surface area contributed by atoms with E-state index in [1.807, 2.05) is 6.92 Å². The second-order valence-corrected chi connectivity index (χ2v) is 4.28. The lowest BCUT2D eigenvalue weighted by Crippen LogP contribution is -2.08. The van der Waals surface area contributed by atoms with Crippen molar-refractivity contribution in [2.24, 2.45) is 0 Å². The highest BCUT2D eigenvalue weighted by molar-refractivity contribution is 7.80. The molecule has 0 N–H and O–H groups in total. The molecule has 0 amide bonds. The number of aryl methyl sites for hydroxylation is 1. The van der Waals surface area contributed by atoms with Crippen LogP contribution in [0.2, 0.25) is 0 Å². The molecule has 1 aromatic heterocycles. The van der Waals surface area contributed by atoms with Crippen molar-refractivity contribution in [2.75, 3.05) is 6.61 Å². The molecule has 0 radical (unpaired) electrons. The first kappa shape index (κ1) is 14.3. The zero-order valence-electron chi connectivity index (χ0n) is 11.1. The van der Waals surface area contributed by atoms with Gasteiger partial charge in [0.25, 0.3) is 0 Å². The maximum atomic E-state index is 12.9. The van der Waals surface area contributed by atoms with E-state index in [-0.39, 0.29) is 10.9 Å². The number of rotatable bonds is 4. The first-order valence-corrected chi connectivity index (χ1v) is 6.45. The third-order valence-electron chi connectivity index (χ3n) is 2.40. The minimum absolute atomic E-state index is 0.268. The van der Waals surface area contributed by atoms with E-state index in [0.29, 0.717) is 29.6 Å². The molecular formula is C14H13FN2O2S. The van der Waals surface area contributed by atoms with Crippen LogP contribution in [0.3, 0.4) is 0 Å². The Morgan fingerprint density at radius 2 is 2.00 bits per heavy atom. The fraction of sp³-hybridized carbons (Fsp3) is 0.214. The average Bonchev–Trinajstić information content (AvgIpc) is 2.42. The lowest BCUT2D eigenvalue weighted by Gasteiger charge is -2.11. The number of thiocarbonyl (C=S) groups is 1. The van der Waals surface area contributed by atoms with Crippen LogP contribution >= 0.6 is 12.2 Å². The van der Waals surface area contributed by atoms with Crippen LogP contribution < -0.4 is 4.74 Å². The van der Waals surface area contributed by atoms with Gasteiger partial charge in [0.1, 0.15) is 23.0 Å². The highest BCUT2D eigenvalue weighted by atomic mass is 32.1. The topological polar surface area (TPSA) is 44.2 Å². The van der Waals surface area contributed by atoms with E-state index >= 15 is 0 Å². The molecule has 104 valence electrons. The summed E-state index contributed by atoms with van der Waals surface area (Å²) in [5.74, 6) is 0.971. The zero-order valence-corrected chi connectivity index (χ0v) is 11.9. The second kappa shape index (κ2) is 6.38. The predicted molar refractivity (Wildman–Crippen MR) is 76.6 cm³/mol. The van der Waals surface area contributed by atoms with Crippen molar-refractivity contribution < 1.29 is 13.9 Å². The van der Waals surface area contributed by atoms with Crippen molar-refractivity contribution in [1.29, 1.82) is 0 Å². The standard InChI is InChI=1S/C14H13FN2O2S/c1-3-18-14(20)12-8-16-9(2)17-13(12)19-11-6-4-10(15)5-7-11/h4-8H,3H2,1-2H3. The summed E-state index contributed by atoms with van der Waals surface area (Å²) in [6.45, 7) is 4.02. The molecule has 4 nitrogen and oxygen atoms in total. The van der Waals surface area contributed by atoms with Crippen molar-refractivity contribution in [2.45, 2.75) is 13.8 Å². The molecule has 0 aliphatic carbocycles. The Hall–Kier alpha value is -2.08. The Bertz CT molecular complexity index is 617. The third kappa shape index (κ3) is 3.48. The molecule has 0 aliphatic heterocycles. The fourth-order valence-corrected chi connectivity index (χ4v) is 1.75. The minimum atomic E-state index is -0.332. The maximum absolute atomic E-state index is 12.9. The molecule has 0 unspecified atom stereocenters. The van der Waals surface area contributed by atoms with E-state index in [9.17, 15) is 4.39 Å². The van der Waals surface area contributed by atoms with E-state index in [0.717, 1.165) is 0 Å². The number of hydrogen-bond donors (Lipinski definition) is 0. The Labute approximate surface area is 121 Å². The summed E-state index contributed by atoms with van der Waals surface area (Å²) in [4.78, 5) is 8.28. The summed E-state index contributed by atoms with van der Waals surface area (Å²) >= 11 is 5.15. The SMILES string of the molecule is CCOC(=S)c1cnc(C)nc1Oc1ccc(F)cc1. The first-order valence-electron chi connectivity index (χ1n) is 6.04. The lowest BCUT2D eigenvalue weighted by atomic mass is 10.3. The average molecular weight is 292 g/mol. The minimum Gasteiger partial charge on any atom is -0.483 e. The molecule has 1 heterocycles. The normalized spacial score (nSPS) is 10.2. The van der Waals surface area contributed by atoms with Gasteiger partial charge in [-0.05, 0) is 50.3 Å². The molecule has 0 bridgehead atoms. The molecule has 2 aromatic rings. The summed E-state index contributed by atoms with van der Waals surface area (Å²) < 4.78 is 23.8. The Kier molecular flexibility index (Phi) is 4.57. The van der Waals surface area contributed by atoms with Gasteiger partial charge in [-0.25, -0.2) is 9.37 Å². The number of hydrogen-bond acceptors (Lipinski definition) is 5. The molecule has 0 spiro atoms. The Morgan fingerprint density at radius 1 is 1.30 bits per heavy atom. The molecule has 0 saturated heterocycles. The van der Waals surface area contributed by atoms with Crippen LogP contribution in [0, 0.1) is 12.7 Å². The summed E-state index contributed by atoms with van der Waals surface area (Å²) in [7, 11) is 0. The molecule has 2 rings (SSSR count). The van der Waals surface area contributed by atoms with Crippen LogP contribution in [0.15, 0.2) is 30.5 Å². The molecular weight excluding hydrogens is 279 g/mol. The van der Waals surface area contributed by atoms with E-state index in [2.05, 4.69) is 9.97 Å². The molecule has 0 saturated carbocycles. The van der Waals surface area contributed by atoms with Gasteiger partial charge < -0.3 is 9.47 Å². The van der Waals surface area contributed by atoms with Crippen LogP contribution in [0.4, 0.5) is 4.39 Å². The number of nitrogens with zero attached hydrogens (tertiary/aromatic N) is 2. The number of halogens is 1. The fourth-order valence-electron chi connectivity index (χ4n) is 1.49. The van der Waals surface area contributed by atoms with Gasteiger partial charge in [-0.1, -0.05) is 0 Å². The zero-order chi connectivity index (χ0) is 14.5. The van der Waals surface area contributed by atoms with E-state index in [1.165, 1.54) is 24.3 Å². The van der Waals surface area contributed by atoms with Crippen LogP contribution in [0.1, 0.15) is 18.3 Å². The second-order valence-electron chi connectivity index (χ2n) is 3.91. The summed E-state index contributed by atoms with van der Waals surface area (Å²) in [6.07, 6.45) is 1.55. The number of benzene rings is 1. The summed E-state index contributed by atoms with van der Waals surface area (Å²) in [5, 5.41) is 0.268. The number of aromatic nitrogens is 2. The molecule has 0 fully saturated rings. The Balaban J connectivity index is 2.31. The van der Waals surface area contributed by atoms with Gasteiger partial charge >= 0.3 is 0 Å². The van der Waals surface area contributed by atoms with Crippen LogP contribution in [-0.4, -0.2) is 21.6 Å². The highest BCUT2D eigenvalue weighted by Gasteiger charge is 2.14.